The molecule has 2 rings (SSSR count). The van der Waals surface area contributed by atoms with E-state index < -0.39 is 0 Å². The Morgan fingerprint density at radius 2 is 2.06 bits per heavy atom. The zero-order valence-electron chi connectivity index (χ0n) is 11.2. The predicted molar refractivity (Wildman–Crippen MR) is 80.4 cm³/mol. The van der Waals surface area contributed by atoms with E-state index in [0.717, 1.165) is 21.8 Å². The normalized spacial score (nSPS) is 23.7. The molecule has 1 aromatic rings. The lowest BCUT2D eigenvalue weighted by molar-refractivity contribution is 0.317. The van der Waals surface area contributed by atoms with Crippen molar-refractivity contribution in [1.29, 1.82) is 0 Å². The molecule has 0 heterocycles. The summed E-state index contributed by atoms with van der Waals surface area (Å²) in [5.74, 6) is 1.71. The second-order valence-corrected chi connectivity index (χ2v) is 6.00. The van der Waals surface area contributed by atoms with Gasteiger partial charge in [-0.05, 0) is 30.9 Å². The summed E-state index contributed by atoms with van der Waals surface area (Å²) in [6.07, 6.45) is 6.65. The van der Waals surface area contributed by atoms with Gasteiger partial charge >= 0.3 is 0 Å². The van der Waals surface area contributed by atoms with Gasteiger partial charge < -0.3 is 10.1 Å². The lowest BCUT2D eigenvalue weighted by Gasteiger charge is -2.32. The van der Waals surface area contributed by atoms with Crippen molar-refractivity contribution in [2.24, 2.45) is 5.92 Å². The average molecular weight is 312 g/mol. The van der Waals surface area contributed by atoms with Crippen molar-refractivity contribution in [3.63, 3.8) is 0 Å². The van der Waals surface area contributed by atoms with Gasteiger partial charge in [-0.2, -0.15) is 0 Å². The number of rotatable bonds is 4. The standard InChI is InChI=1S/C15H22BrNO/c1-3-11-6-4-5-7-15(11)17-13-8-12(16)9-14(10-13)18-2/h8-11,15,17H,3-7H2,1-2H3. The van der Waals surface area contributed by atoms with E-state index in [0.29, 0.717) is 6.04 Å². The second kappa shape index (κ2) is 6.46. The summed E-state index contributed by atoms with van der Waals surface area (Å²) in [6, 6.07) is 6.81. The first-order chi connectivity index (χ1) is 8.72. The molecular formula is C15H22BrNO. The SMILES string of the molecule is CCC1CCCCC1Nc1cc(Br)cc(OC)c1. The van der Waals surface area contributed by atoms with E-state index in [2.05, 4.69) is 40.3 Å². The van der Waals surface area contributed by atoms with Crippen LogP contribution >= 0.6 is 15.9 Å². The third kappa shape index (κ3) is 3.41. The molecule has 2 unspecified atom stereocenters. The molecule has 0 bridgehead atoms. The highest BCUT2D eigenvalue weighted by atomic mass is 79.9. The van der Waals surface area contributed by atoms with Crippen LogP contribution in [0, 0.1) is 5.92 Å². The topological polar surface area (TPSA) is 21.3 Å². The summed E-state index contributed by atoms with van der Waals surface area (Å²) in [5, 5.41) is 3.69. The van der Waals surface area contributed by atoms with Crippen molar-refractivity contribution >= 4 is 21.6 Å². The number of benzene rings is 1. The fourth-order valence-electron chi connectivity index (χ4n) is 2.86. The van der Waals surface area contributed by atoms with Gasteiger partial charge in [0.15, 0.2) is 0 Å². The van der Waals surface area contributed by atoms with E-state index in [4.69, 9.17) is 4.74 Å². The predicted octanol–water partition coefficient (Wildman–Crippen LogP) is 4.84. The third-order valence-corrected chi connectivity index (χ3v) is 4.35. The molecule has 1 aliphatic rings. The van der Waals surface area contributed by atoms with E-state index in [1.54, 1.807) is 7.11 Å². The summed E-state index contributed by atoms with van der Waals surface area (Å²) in [6.45, 7) is 2.30. The summed E-state index contributed by atoms with van der Waals surface area (Å²) in [5.41, 5.74) is 1.16. The summed E-state index contributed by atoms with van der Waals surface area (Å²) >= 11 is 3.53. The van der Waals surface area contributed by atoms with E-state index >= 15 is 0 Å². The fraction of sp³-hybridized carbons (Fsp3) is 0.600. The molecule has 2 atom stereocenters. The van der Waals surface area contributed by atoms with E-state index in [1.807, 2.05) is 6.07 Å². The Balaban J connectivity index is 2.09. The fourth-order valence-corrected chi connectivity index (χ4v) is 3.34. The maximum Gasteiger partial charge on any atom is 0.122 e. The van der Waals surface area contributed by atoms with Crippen LogP contribution in [0.25, 0.3) is 0 Å². The molecule has 1 N–H and O–H groups in total. The molecule has 0 aromatic heterocycles. The first-order valence-corrected chi connectivity index (χ1v) is 7.63. The van der Waals surface area contributed by atoms with Crippen LogP contribution in [0.1, 0.15) is 39.0 Å². The lowest BCUT2D eigenvalue weighted by atomic mass is 9.83. The van der Waals surface area contributed by atoms with Crippen molar-refractivity contribution in [3.8, 4) is 5.75 Å². The maximum atomic E-state index is 5.31. The number of anilines is 1. The van der Waals surface area contributed by atoms with Gasteiger partial charge in [0.05, 0.1) is 7.11 Å². The molecule has 18 heavy (non-hydrogen) atoms. The molecule has 0 amide bonds. The first-order valence-electron chi connectivity index (χ1n) is 6.84. The average Bonchev–Trinajstić information content (AvgIpc) is 2.38. The molecule has 2 nitrogen and oxygen atoms in total. The monoisotopic (exact) mass is 311 g/mol. The van der Waals surface area contributed by atoms with Crippen molar-refractivity contribution in [1.82, 2.24) is 0 Å². The Morgan fingerprint density at radius 1 is 1.28 bits per heavy atom. The van der Waals surface area contributed by atoms with Crippen LogP contribution in [0.2, 0.25) is 0 Å². The first kappa shape index (κ1) is 13.7. The number of ether oxygens (including phenoxy) is 1. The number of halogens is 1. The molecule has 3 heteroatoms. The van der Waals surface area contributed by atoms with Gasteiger partial charge in [0, 0.05) is 22.3 Å². The molecule has 0 saturated heterocycles. The van der Waals surface area contributed by atoms with Crippen LogP contribution in [0.4, 0.5) is 5.69 Å². The minimum atomic E-state index is 0.614. The van der Waals surface area contributed by atoms with E-state index in [9.17, 15) is 0 Å². The Hall–Kier alpha value is -0.700. The minimum Gasteiger partial charge on any atom is -0.497 e. The minimum absolute atomic E-state index is 0.614. The van der Waals surface area contributed by atoms with Crippen LogP contribution in [-0.2, 0) is 0 Å². The van der Waals surface area contributed by atoms with E-state index in [1.165, 1.54) is 32.1 Å². The summed E-state index contributed by atoms with van der Waals surface area (Å²) < 4.78 is 6.37. The Kier molecular flexibility index (Phi) is 4.93. The largest absolute Gasteiger partial charge is 0.497 e. The summed E-state index contributed by atoms with van der Waals surface area (Å²) in [7, 11) is 1.71. The van der Waals surface area contributed by atoms with Gasteiger partial charge in [-0.25, -0.2) is 0 Å². The molecule has 0 spiro atoms. The highest BCUT2D eigenvalue weighted by Crippen LogP contribution is 2.31. The summed E-state index contributed by atoms with van der Waals surface area (Å²) in [4.78, 5) is 0. The number of nitrogens with one attached hydrogen (secondary N) is 1. The second-order valence-electron chi connectivity index (χ2n) is 5.08. The molecule has 100 valence electrons. The van der Waals surface area contributed by atoms with Crippen LogP contribution in [0.3, 0.4) is 0 Å². The van der Waals surface area contributed by atoms with Gasteiger partial charge in [0.2, 0.25) is 0 Å². The van der Waals surface area contributed by atoms with E-state index in [-0.39, 0.29) is 0 Å². The Labute approximate surface area is 118 Å². The highest BCUT2D eigenvalue weighted by molar-refractivity contribution is 9.10. The quantitative estimate of drug-likeness (QED) is 0.859. The van der Waals surface area contributed by atoms with Crippen LogP contribution < -0.4 is 10.1 Å². The molecule has 1 aromatic carbocycles. The smallest absolute Gasteiger partial charge is 0.122 e. The van der Waals surface area contributed by atoms with Crippen molar-refractivity contribution < 1.29 is 4.74 Å². The molecule has 0 aliphatic heterocycles. The molecule has 1 fully saturated rings. The van der Waals surface area contributed by atoms with Crippen molar-refractivity contribution in [2.45, 2.75) is 45.1 Å². The zero-order chi connectivity index (χ0) is 13.0. The van der Waals surface area contributed by atoms with Crippen LogP contribution in [0.15, 0.2) is 22.7 Å². The molecule has 1 aliphatic carbocycles. The molecule has 1 saturated carbocycles. The van der Waals surface area contributed by atoms with Crippen LogP contribution in [-0.4, -0.2) is 13.2 Å². The van der Waals surface area contributed by atoms with Gasteiger partial charge in [0.25, 0.3) is 0 Å². The highest BCUT2D eigenvalue weighted by Gasteiger charge is 2.23. The van der Waals surface area contributed by atoms with Gasteiger partial charge in [-0.15, -0.1) is 0 Å². The van der Waals surface area contributed by atoms with Crippen molar-refractivity contribution in [3.05, 3.63) is 22.7 Å². The van der Waals surface area contributed by atoms with Gasteiger partial charge in [-0.3, -0.25) is 0 Å². The Bertz CT molecular complexity index is 394. The number of hydrogen-bond donors (Lipinski definition) is 1. The number of hydrogen-bond acceptors (Lipinski definition) is 2. The molecule has 0 radical (unpaired) electrons. The van der Waals surface area contributed by atoms with Crippen LogP contribution in [0.5, 0.6) is 5.75 Å². The maximum absolute atomic E-state index is 5.31. The molecular weight excluding hydrogens is 290 g/mol. The number of methoxy groups -OCH3 is 1. The van der Waals surface area contributed by atoms with Crippen molar-refractivity contribution in [2.75, 3.05) is 12.4 Å². The van der Waals surface area contributed by atoms with Gasteiger partial charge in [-0.1, -0.05) is 42.1 Å². The Morgan fingerprint density at radius 3 is 2.78 bits per heavy atom. The lowest BCUT2D eigenvalue weighted by Crippen LogP contribution is -2.31. The third-order valence-electron chi connectivity index (χ3n) is 3.89. The zero-order valence-corrected chi connectivity index (χ0v) is 12.8. The van der Waals surface area contributed by atoms with Gasteiger partial charge in [0.1, 0.15) is 5.75 Å².